The number of thiophene rings is 1. The summed E-state index contributed by atoms with van der Waals surface area (Å²) in [7, 11) is 0. The minimum atomic E-state index is 0.127. The van der Waals surface area contributed by atoms with Crippen molar-refractivity contribution >= 4 is 23.3 Å². The Morgan fingerprint density at radius 2 is 1.67 bits per heavy atom. The molecule has 0 unspecified atom stereocenters. The molecule has 0 aliphatic rings. The van der Waals surface area contributed by atoms with E-state index >= 15 is 0 Å². The Kier molecular flexibility index (Phi) is 7.27. The van der Waals surface area contributed by atoms with E-state index < -0.39 is 0 Å². The van der Waals surface area contributed by atoms with E-state index in [1.54, 1.807) is 11.3 Å². The zero-order chi connectivity index (χ0) is 18.3. The number of carbonyl (C=O) groups is 1. The predicted octanol–water partition coefficient (Wildman–Crippen LogP) is 4.76. The number of carbonyl (C=O) groups excluding carboxylic acids is 3. The van der Waals surface area contributed by atoms with Gasteiger partial charge in [-0.1, -0.05) is 52.0 Å². The van der Waals surface area contributed by atoms with E-state index in [1.165, 1.54) is 20.9 Å². The molecule has 2 rings (SSSR count). The SMILES string of the molecule is CCc1cc(C)sc1CC(=O)c1ccc(C(C)(C)C)cc1.O=C=O. The Morgan fingerprint density at radius 1 is 1.12 bits per heavy atom. The molecule has 2 aromatic rings. The average molecular weight is 344 g/mol. The van der Waals surface area contributed by atoms with Crippen molar-refractivity contribution in [3.63, 3.8) is 0 Å². The van der Waals surface area contributed by atoms with Gasteiger partial charge in [-0.2, -0.15) is 9.59 Å². The number of Topliss-reactive ketones (excluding diaryl/α,β-unsaturated/α-hetero) is 1. The second-order valence-corrected chi connectivity index (χ2v) is 8.01. The maximum absolute atomic E-state index is 12.5. The van der Waals surface area contributed by atoms with Gasteiger partial charge in [0.1, 0.15) is 0 Å². The van der Waals surface area contributed by atoms with Crippen molar-refractivity contribution in [2.24, 2.45) is 0 Å². The second kappa shape index (κ2) is 8.72. The fraction of sp³-hybridized carbons (Fsp3) is 0.400. The first-order valence-corrected chi connectivity index (χ1v) is 8.75. The summed E-state index contributed by atoms with van der Waals surface area (Å²) in [6, 6.07) is 10.3. The van der Waals surface area contributed by atoms with E-state index in [9.17, 15) is 4.79 Å². The van der Waals surface area contributed by atoms with Crippen molar-refractivity contribution in [1.82, 2.24) is 0 Å². The van der Waals surface area contributed by atoms with Gasteiger partial charge in [-0.3, -0.25) is 4.79 Å². The van der Waals surface area contributed by atoms with Crippen LogP contribution in [-0.4, -0.2) is 11.9 Å². The normalized spacial score (nSPS) is 10.5. The highest BCUT2D eigenvalue weighted by Gasteiger charge is 2.15. The van der Waals surface area contributed by atoms with Gasteiger partial charge in [0.05, 0.1) is 0 Å². The van der Waals surface area contributed by atoms with Gasteiger partial charge in [-0.05, 0) is 36.0 Å². The summed E-state index contributed by atoms with van der Waals surface area (Å²) in [6.07, 6.45) is 1.77. The van der Waals surface area contributed by atoms with Crippen molar-refractivity contribution in [3.8, 4) is 0 Å². The van der Waals surface area contributed by atoms with Crippen LogP contribution in [0.25, 0.3) is 0 Å². The monoisotopic (exact) mass is 344 g/mol. The molecule has 0 N–H and O–H groups in total. The first-order valence-electron chi connectivity index (χ1n) is 7.94. The highest BCUT2D eigenvalue weighted by molar-refractivity contribution is 7.12. The molecular formula is C20H24O3S. The van der Waals surface area contributed by atoms with Crippen molar-refractivity contribution in [3.05, 3.63) is 56.8 Å². The maximum Gasteiger partial charge on any atom is 0.373 e. The molecule has 24 heavy (non-hydrogen) atoms. The summed E-state index contributed by atoms with van der Waals surface area (Å²) in [5.41, 5.74) is 3.52. The van der Waals surface area contributed by atoms with Crippen LogP contribution in [0.1, 0.15) is 58.9 Å². The molecule has 1 aromatic heterocycles. The van der Waals surface area contributed by atoms with Gasteiger partial charge < -0.3 is 0 Å². The lowest BCUT2D eigenvalue weighted by atomic mass is 9.86. The molecule has 0 aliphatic carbocycles. The van der Waals surface area contributed by atoms with E-state index in [-0.39, 0.29) is 17.3 Å². The van der Waals surface area contributed by atoms with Crippen molar-refractivity contribution in [1.29, 1.82) is 0 Å². The summed E-state index contributed by atoms with van der Waals surface area (Å²) in [4.78, 5) is 31.2. The number of hydrogen-bond donors (Lipinski definition) is 0. The van der Waals surface area contributed by atoms with Crippen LogP contribution < -0.4 is 0 Å². The molecule has 0 amide bonds. The Labute approximate surface area is 147 Å². The van der Waals surface area contributed by atoms with Crippen LogP contribution in [0.3, 0.4) is 0 Å². The van der Waals surface area contributed by atoms with Crippen molar-refractivity contribution < 1.29 is 14.4 Å². The highest BCUT2D eigenvalue weighted by atomic mass is 32.1. The van der Waals surface area contributed by atoms with Gasteiger partial charge in [-0.25, -0.2) is 0 Å². The highest BCUT2D eigenvalue weighted by Crippen LogP contribution is 2.25. The van der Waals surface area contributed by atoms with E-state index in [2.05, 4.69) is 52.8 Å². The standard InChI is InChI=1S/C19H24OS.CO2/c1-6-14-11-13(2)21-18(14)12-17(20)15-7-9-16(10-8-15)19(3,4)5;2-1-3/h7-11H,6,12H2,1-5H3;. The lowest BCUT2D eigenvalue weighted by molar-refractivity contribution is -0.191. The molecule has 0 fully saturated rings. The van der Waals surface area contributed by atoms with E-state index in [0.29, 0.717) is 6.42 Å². The van der Waals surface area contributed by atoms with Gasteiger partial charge in [0, 0.05) is 21.7 Å². The Bertz CT molecular complexity index is 712. The lowest BCUT2D eigenvalue weighted by Gasteiger charge is -2.19. The molecule has 0 spiro atoms. The molecule has 4 heteroatoms. The fourth-order valence-corrected chi connectivity index (χ4v) is 3.60. The number of hydrogen-bond acceptors (Lipinski definition) is 4. The minimum Gasteiger partial charge on any atom is -0.294 e. The van der Waals surface area contributed by atoms with Gasteiger partial charge in [0.2, 0.25) is 0 Å². The maximum atomic E-state index is 12.5. The van der Waals surface area contributed by atoms with E-state index in [4.69, 9.17) is 9.59 Å². The smallest absolute Gasteiger partial charge is 0.294 e. The third-order valence-corrected chi connectivity index (χ3v) is 4.89. The molecule has 3 nitrogen and oxygen atoms in total. The summed E-state index contributed by atoms with van der Waals surface area (Å²) in [5, 5.41) is 0. The average Bonchev–Trinajstić information content (AvgIpc) is 2.87. The Balaban J connectivity index is 0.000000891. The van der Waals surface area contributed by atoms with Gasteiger partial charge in [0.15, 0.2) is 5.78 Å². The fourth-order valence-electron chi connectivity index (χ4n) is 2.47. The number of benzene rings is 1. The third-order valence-electron chi connectivity index (χ3n) is 3.79. The van der Waals surface area contributed by atoms with Crippen molar-refractivity contribution in [2.75, 3.05) is 0 Å². The Morgan fingerprint density at radius 3 is 2.12 bits per heavy atom. The molecule has 128 valence electrons. The molecule has 0 bridgehead atoms. The van der Waals surface area contributed by atoms with Gasteiger partial charge in [0.25, 0.3) is 0 Å². The molecule has 0 atom stereocenters. The van der Waals surface area contributed by atoms with E-state index in [0.717, 1.165) is 12.0 Å². The van der Waals surface area contributed by atoms with Gasteiger partial charge >= 0.3 is 6.15 Å². The van der Waals surface area contributed by atoms with Crippen LogP contribution in [0.5, 0.6) is 0 Å². The lowest BCUT2D eigenvalue weighted by Crippen LogP contribution is -2.11. The molecule has 0 saturated heterocycles. The number of aryl methyl sites for hydroxylation is 2. The summed E-state index contributed by atoms with van der Waals surface area (Å²) in [6.45, 7) is 10.8. The first kappa shape index (κ1) is 20.0. The molecular weight excluding hydrogens is 320 g/mol. The largest absolute Gasteiger partial charge is 0.373 e. The predicted molar refractivity (Wildman–Crippen MR) is 96.6 cm³/mol. The van der Waals surface area contributed by atoms with Crippen molar-refractivity contribution in [2.45, 2.75) is 52.9 Å². The quantitative estimate of drug-likeness (QED) is 0.752. The van der Waals surface area contributed by atoms with Crippen LogP contribution in [0.2, 0.25) is 0 Å². The van der Waals surface area contributed by atoms with Gasteiger partial charge in [-0.15, -0.1) is 11.3 Å². The molecule has 0 saturated carbocycles. The van der Waals surface area contributed by atoms with Crippen LogP contribution >= 0.6 is 11.3 Å². The van der Waals surface area contributed by atoms with Crippen LogP contribution in [0.15, 0.2) is 30.3 Å². The minimum absolute atomic E-state index is 0.127. The second-order valence-electron chi connectivity index (χ2n) is 6.67. The Hall–Kier alpha value is -2.03. The van der Waals surface area contributed by atoms with Crippen LogP contribution in [-0.2, 0) is 27.8 Å². The van der Waals surface area contributed by atoms with Crippen LogP contribution in [0.4, 0.5) is 0 Å². The number of ketones is 1. The summed E-state index contributed by atoms with van der Waals surface area (Å²) < 4.78 is 0. The molecule has 1 aromatic carbocycles. The molecule has 0 aliphatic heterocycles. The topological polar surface area (TPSA) is 51.2 Å². The van der Waals surface area contributed by atoms with Crippen LogP contribution in [0, 0.1) is 6.92 Å². The molecule has 0 radical (unpaired) electrons. The zero-order valence-corrected chi connectivity index (χ0v) is 15.8. The first-order chi connectivity index (χ1) is 11.2. The summed E-state index contributed by atoms with van der Waals surface area (Å²) in [5.74, 6) is 0.215. The van der Waals surface area contributed by atoms with E-state index in [1.807, 2.05) is 12.1 Å². The number of rotatable bonds is 4. The third kappa shape index (κ3) is 5.55. The zero-order valence-electron chi connectivity index (χ0n) is 14.9. The summed E-state index contributed by atoms with van der Waals surface area (Å²) >= 11 is 1.75. The molecule has 1 heterocycles.